The number of allylic oxidation sites excluding steroid dienone is 1. The summed E-state index contributed by atoms with van der Waals surface area (Å²) in [6, 6.07) is 5.27. The quantitative estimate of drug-likeness (QED) is 0.400. The highest BCUT2D eigenvalue weighted by molar-refractivity contribution is 5.70. The maximum atomic E-state index is 9.72. The van der Waals surface area contributed by atoms with Crippen molar-refractivity contribution in [2.75, 3.05) is 5.73 Å². The van der Waals surface area contributed by atoms with Gasteiger partial charge in [-0.3, -0.25) is 0 Å². The van der Waals surface area contributed by atoms with Crippen molar-refractivity contribution >= 4 is 11.4 Å². The summed E-state index contributed by atoms with van der Waals surface area (Å²) in [5, 5.41) is 9.72. The highest BCUT2D eigenvalue weighted by Crippen LogP contribution is 2.35. The first-order chi connectivity index (χ1) is 6.72. The molecule has 0 unspecified atom stereocenters. The van der Waals surface area contributed by atoms with Crippen LogP contribution in [0, 0.1) is 12.3 Å². The summed E-state index contributed by atoms with van der Waals surface area (Å²) in [5.41, 5.74) is 8.78. The first-order valence-corrected chi connectivity index (χ1v) is 4.50. The molecule has 0 radical (unpaired) electrons. The molecular weight excluding hydrogens is 174 g/mol. The van der Waals surface area contributed by atoms with Gasteiger partial charge >= 0.3 is 0 Å². The Morgan fingerprint density at radius 2 is 2.14 bits per heavy atom. The van der Waals surface area contributed by atoms with E-state index in [9.17, 15) is 5.11 Å². The van der Waals surface area contributed by atoms with Gasteiger partial charge in [-0.2, -0.15) is 0 Å². The fourth-order valence-electron chi connectivity index (χ4n) is 1.34. The molecule has 3 N–H and O–H groups in total. The molecule has 0 saturated heterocycles. The van der Waals surface area contributed by atoms with Gasteiger partial charge in [0.25, 0.3) is 0 Å². The number of rotatable bonds is 1. The monoisotopic (exact) mass is 185 g/mol. The van der Waals surface area contributed by atoms with E-state index in [0.29, 0.717) is 17.0 Å². The molecule has 0 spiro atoms. The van der Waals surface area contributed by atoms with Gasteiger partial charge in [0.05, 0.1) is 0 Å². The minimum absolute atomic E-state index is 0.361. The molecule has 14 heavy (non-hydrogen) atoms. The molecule has 0 amide bonds. The first kappa shape index (κ1) is 8.71. The number of aliphatic hydroxyl groups is 1. The normalized spacial score (nSPS) is 13.5. The Kier molecular flexibility index (Phi) is 1.94. The largest absolute Gasteiger partial charge is 0.507 e. The Balaban J connectivity index is 2.43. The van der Waals surface area contributed by atoms with Crippen LogP contribution in [0.3, 0.4) is 0 Å². The van der Waals surface area contributed by atoms with Crippen LogP contribution in [0.4, 0.5) is 5.69 Å². The lowest BCUT2D eigenvalue weighted by atomic mass is 10.1. The lowest BCUT2D eigenvalue weighted by molar-refractivity contribution is 0.509. The van der Waals surface area contributed by atoms with Gasteiger partial charge in [-0.1, -0.05) is 5.92 Å². The van der Waals surface area contributed by atoms with Crippen molar-refractivity contribution in [2.24, 2.45) is 0 Å². The minimum Gasteiger partial charge on any atom is -0.507 e. The molecular formula is C12H11NO. The Morgan fingerprint density at radius 1 is 1.43 bits per heavy atom. The second-order valence-corrected chi connectivity index (χ2v) is 3.40. The van der Waals surface area contributed by atoms with Gasteiger partial charge in [0.15, 0.2) is 0 Å². The zero-order valence-electron chi connectivity index (χ0n) is 7.75. The van der Waals surface area contributed by atoms with E-state index < -0.39 is 0 Å². The van der Waals surface area contributed by atoms with Gasteiger partial charge < -0.3 is 10.8 Å². The van der Waals surface area contributed by atoms with Gasteiger partial charge in [0, 0.05) is 16.8 Å². The van der Waals surface area contributed by atoms with Crippen LogP contribution in [0.2, 0.25) is 0 Å². The van der Waals surface area contributed by atoms with Crippen molar-refractivity contribution in [3.8, 4) is 12.3 Å². The summed E-state index contributed by atoms with van der Waals surface area (Å²) in [4.78, 5) is 0. The fourth-order valence-corrected chi connectivity index (χ4v) is 1.34. The highest BCUT2D eigenvalue weighted by atomic mass is 16.3. The predicted octanol–water partition coefficient (Wildman–Crippen LogP) is 2.31. The zero-order chi connectivity index (χ0) is 10.1. The van der Waals surface area contributed by atoms with E-state index in [1.807, 2.05) is 0 Å². The van der Waals surface area contributed by atoms with E-state index in [-0.39, 0.29) is 0 Å². The fraction of sp³-hybridized carbons (Fsp3) is 0.167. The standard InChI is InChI=1S/C12H11NO/c1-2-8-3-6-10(7-11(8)13)12(14)9-4-5-9/h1,3,6-7,14H,4-5,13H2. The summed E-state index contributed by atoms with van der Waals surface area (Å²) in [6.45, 7) is 0. The number of nitrogens with two attached hydrogens (primary N) is 1. The second-order valence-electron chi connectivity index (χ2n) is 3.40. The molecule has 70 valence electrons. The molecule has 1 saturated carbocycles. The molecule has 1 fully saturated rings. The zero-order valence-corrected chi connectivity index (χ0v) is 7.75. The van der Waals surface area contributed by atoms with E-state index >= 15 is 0 Å². The molecule has 2 rings (SSSR count). The van der Waals surface area contributed by atoms with E-state index in [1.165, 1.54) is 0 Å². The number of hydrogen-bond acceptors (Lipinski definition) is 2. The van der Waals surface area contributed by atoms with Crippen LogP contribution < -0.4 is 5.73 Å². The van der Waals surface area contributed by atoms with Crippen molar-refractivity contribution in [2.45, 2.75) is 12.8 Å². The van der Waals surface area contributed by atoms with Gasteiger partial charge in [-0.05, 0) is 36.6 Å². The minimum atomic E-state index is 0.361. The van der Waals surface area contributed by atoms with Crippen molar-refractivity contribution in [3.05, 3.63) is 34.9 Å². The van der Waals surface area contributed by atoms with Gasteiger partial charge in [0.2, 0.25) is 0 Å². The molecule has 1 aromatic rings. The van der Waals surface area contributed by atoms with E-state index in [4.69, 9.17) is 12.2 Å². The van der Waals surface area contributed by atoms with Crippen LogP contribution in [0.25, 0.3) is 5.76 Å². The molecule has 0 heterocycles. The van der Waals surface area contributed by atoms with Gasteiger partial charge in [0.1, 0.15) is 5.76 Å². The number of nitrogen functional groups attached to an aromatic ring is 1. The lowest BCUT2D eigenvalue weighted by Gasteiger charge is -2.03. The number of terminal acetylenes is 1. The number of aliphatic hydroxyl groups excluding tert-OH is 1. The van der Waals surface area contributed by atoms with Crippen LogP contribution in [0.1, 0.15) is 24.0 Å². The Hall–Kier alpha value is -1.88. The molecule has 0 aliphatic heterocycles. The maximum Gasteiger partial charge on any atom is 0.122 e. The Labute approximate surface area is 83.1 Å². The molecule has 0 atom stereocenters. The Bertz CT molecular complexity index is 446. The molecule has 1 aliphatic carbocycles. The summed E-state index contributed by atoms with van der Waals surface area (Å²) in [6.07, 6.45) is 7.22. The van der Waals surface area contributed by atoms with Gasteiger partial charge in [-0.25, -0.2) is 0 Å². The maximum absolute atomic E-state index is 9.72. The molecule has 0 aromatic heterocycles. The van der Waals surface area contributed by atoms with E-state index in [2.05, 4.69) is 5.92 Å². The predicted molar refractivity (Wildman–Crippen MR) is 57.6 cm³/mol. The van der Waals surface area contributed by atoms with Crippen molar-refractivity contribution < 1.29 is 5.11 Å². The number of benzene rings is 1. The van der Waals surface area contributed by atoms with Crippen molar-refractivity contribution in [1.29, 1.82) is 0 Å². The van der Waals surface area contributed by atoms with Crippen LogP contribution in [-0.4, -0.2) is 5.11 Å². The van der Waals surface area contributed by atoms with Crippen LogP contribution in [0.5, 0.6) is 0 Å². The highest BCUT2D eigenvalue weighted by Gasteiger charge is 2.18. The number of hydrogen-bond donors (Lipinski definition) is 2. The molecule has 2 nitrogen and oxygen atoms in total. The van der Waals surface area contributed by atoms with Crippen LogP contribution in [0.15, 0.2) is 23.8 Å². The summed E-state index contributed by atoms with van der Waals surface area (Å²) in [5.74, 6) is 2.84. The number of anilines is 1. The van der Waals surface area contributed by atoms with Crippen LogP contribution in [-0.2, 0) is 0 Å². The van der Waals surface area contributed by atoms with Crippen LogP contribution >= 0.6 is 0 Å². The summed E-state index contributed by atoms with van der Waals surface area (Å²) >= 11 is 0. The van der Waals surface area contributed by atoms with E-state index in [1.54, 1.807) is 18.2 Å². The molecule has 0 bridgehead atoms. The first-order valence-electron chi connectivity index (χ1n) is 4.50. The average molecular weight is 185 g/mol. The SMILES string of the molecule is C#Cc1ccc(C(O)=C2CC2)cc1N. The third-order valence-electron chi connectivity index (χ3n) is 2.32. The molecule has 1 aliphatic rings. The van der Waals surface area contributed by atoms with Crippen molar-refractivity contribution in [1.82, 2.24) is 0 Å². The second kappa shape index (κ2) is 3.12. The van der Waals surface area contributed by atoms with Gasteiger partial charge in [-0.15, -0.1) is 6.42 Å². The molecule has 1 aromatic carbocycles. The van der Waals surface area contributed by atoms with Crippen molar-refractivity contribution in [3.63, 3.8) is 0 Å². The summed E-state index contributed by atoms with van der Waals surface area (Å²) in [7, 11) is 0. The average Bonchev–Trinajstić information content (AvgIpc) is 3.00. The molecule has 2 heteroatoms. The smallest absolute Gasteiger partial charge is 0.122 e. The third kappa shape index (κ3) is 1.45. The Morgan fingerprint density at radius 3 is 2.64 bits per heavy atom. The van der Waals surface area contributed by atoms with E-state index in [0.717, 1.165) is 24.0 Å². The topological polar surface area (TPSA) is 46.2 Å². The third-order valence-corrected chi connectivity index (χ3v) is 2.32. The summed E-state index contributed by atoms with van der Waals surface area (Å²) < 4.78 is 0. The lowest BCUT2D eigenvalue weighted by Crippen LogP contribution is -1.92.